The first kappa shape index (κ1) is 17.9. The Hall–Kier alpha value is -1.89. The molecule has 0 radical (unpaired) electrons. The van der Waals surface area contributed by atoms with Gasteiger partial charge in [-0.1, -0.05) is 6.92 Å². The van der Waals surface area contributed by atoms with Crippen LogP contribution in [0.5, 0.6) is 0 Å². The Morgan fingerprint density at radius 2 is 2.24 bits per heavy atom. The first-order valence-corrected chi connectivity index (χ1v) is 9.26. The van der Waals surface area contributed by atoms with E-state index < -0.39 is 0 Å². The van der Waals surface area contributed by atoms with E-state index in [2.05, 4.69) is 22.2 Å². The SMILES string of the molecule is CCN1CCC[C@H]1CN1C[C@@H](C(=O)NCc2cnn(C)c2C)CC1=O. The minimum atomic E-state index is -0.235. The molecular weight excluding hydrogens is 318 g/mol. The van der Waals surface area contributed by atoms with Crippen LogP contribution in [0.1, 0.15) is 37.4 Å². The van der Waals surface area contributed by atoms with Gasteiger partial charge in [-0.25, -0.2) is 0 Å². The van der Waals surface area contributed by atoms with Gasteiger partial charge in [0.1, 0.15) is 0 Å². The predicted molar refractivity (Wildman–Crippen MR) is 94.7 cm³/mol. The summed E-state index contributed by atoms with van der Waals surface area (Å²) < 4.78 is 1.80. The summed E-state index contributed by atoms with van der Waals surface area (Å²) in [7, 11) is 1.89. The van der Waals surface area contributed by atoms with Crippen molar-refractivity contribution in [1.82, 2.24) is 24.9 Å². The van der Waals surface area contributed by atoms with Crippen LogP contribution >= 0.6 is 0 Å². The molecule has 2 atom stereocenters. The topological polar surface area (TPSA) is 70.5 Å². The molecule has 7 nitrogen and oxygen atoms in total. The highest BCUT2D eigenvalue weighted by molar-refractivity contribution is 5.89. The number of hydrogen-bond acceptors (Lipinski definition) is 4. The van der Waals surface area contributed by atoms with Crippen molar-refractivity contribution < 1.29 is 9.59 Å². The van der Waals surface area contributed by atoms with Gasteiger partial charge in [-0.2, -0.15) is 5.10 Å². The molecule has 0 spiro atoms. The fraction of sp³-hybridized carbons (Fsp3) is 0.722. The molecule has 1 aromatic heterocycles. The number of carbonyl (C=O) groups is 2. The number of amides is 2. The maximum absolute atomic E-state index is 12.5. The lowest BCUT2D eigenvalue weighted by molar-refractivity contribution is -0.129. The van der Waals surface area contributed by atoms with E-state index in [4.69, 9.17) is 0 Å². The van der Waals surface area contributed by atoms with Gasteiger partial charge < -0.3 is 10.2 Å². The van der Waals surface area contributed by atoms with Gasteiger partial charge in [0.25, 0.3) is 0 Å². The Labute approximate surface area is 149 Å². The zero-order chi connectivity index (χ0) is 18.0. The second-order valence-electron chi connectivity index (χ2n) is 7.22. The highest BCUT2D eigenvalue weighted by Crippen LogP contribution is 2.23. The van der Waals surface area contributed by atoms with Gasteiger partial charge in [-0.3, -0.25) is 19.2 Å². The van der Waals surface area contributed by atoms with E-state index in [0.29, 0.717) is 25.6 Å². The number of aryl methyl sites for hydroxylation is 1. The molecule has 1 N–H and O–H groups in total. The van der Waals surface area contributed by atoms with Gasteiger partial charge in [0.15, 0.2) is 0 Å². The van der Waals surface area contributed by atoms with Gasteiger partial charge in [0.05, 0.1) is 12.1 Å². The van der Waals surface area contributed by atoms with Gasteiger partial charge in [0, 0.05) is 50.4 Å². The van der Waals surface area contributed by atoms with Gasteiger partial charge in [-0.05, 0) is 32.9 Å². The smallest absolute Gasteiger partial charge is 0.225 e. The first-order chi connectivity index (χ1) is 12.0. The molecule has 1 aromatic rings. The van der Waals surface area contributed by atoms with Gasteiger partial charge in [-0.15, -0.1) is 0 Å². The monoisotopic (exact) mass is 347 g/mol. The van der Waals surface area contributed by atoms with E-state index in [9.17, 15) is 9.59 Å². The molecule has 2 aliphatic heterocycles. The molecule has 0 aliphatic carbocycles. The second-order valence-corrected chi connectivity index (χ2v) is 7.22. The lowest BCUT2D eigenvalue weighted by Crippen LogP contribution is -2.41. The predicted octanol–water partition coefficient (Wildman–Crippen LogP) is 0.678. The van der Waals surface area contributed by atoms with Crippen LogP contribution in [0.4, 0.5) is 0 Å². The molecule has 2 amide bonds. The van der Waals surface area contributed by atoms with E-state index in [1.807, 2.05) is 18.9 Å². The average molecular weight is 347 g/mol. The Morgan fingerprint density at radius 3 is 2.92 bits per heavy atom. The highest BCUT2D eigenvalue weighted by atomic mass is 16.2. The number of nitrogens with one attached hydrogen (secondary N) is 1. The van der Waals surface area contributed by atoms with E-state index in [1.165, 1.54) is 6.42 Å². The van der Waals surface area contributed by atoms with Crippen molar-refractivity contribution in [3.05, 3.63) is 17.5 Å². The highest BCUT2D eigenvalue weighted by Gasteiger charge is 2.36. The standard InChI is InChI=1S/C18H29N5O2/c1-4-22-7-5-6-16(22)12-23-11-14(8-17(23)24)18(25)19-9-15-10-20-21(3)13(15)2/h10,14,16H,4-9,11-12H2,1-3H3,(H,19,25)/t14-,16-/m0/s1. The van der Waals surface area contributed by atoms with Crippen LogP contribution in [0.2, 0.25) is 0 Å². The van der Waals surface area contributed by atoms with Crippen molar-refractivity contribution in [1.29, 1.82) is 0 Å². The van der Waals surface area contributed by atoms with Crippen molar-refractivity contribution in [2.45, 2.75) is 45.7 Å². The molecular formula is C18H29N5O2. The number of nitrogens with zero attached hydrogens (tertiary/aromatic N) is 4. The number of rotatable bonds is 6. The normalized spacial score (nSPS) is 24.3. The van der Waals surface area contributed by atoms with Gasteiger partial charge >= 0.3 is 0 Å². The Morgan fingerprint density at radius 1 is 1.44 bits per heavy atom. The number of likely N-dealkylation sites (N-methyl/N-ethyl adjacent to an activating group) is 1. The van der Waals surface area contributed by atoms with Crippen LogP contribution in [0.25, 0.3) is 0 Å². The molecule has 2 fully saturated rings. The van der Waals surface area contributed by atoms with Crippen molar-refractivity contribution in [3.8, 4) is 0 Å². The van der Waals surface area contributed by atoms with E-state index in [-0.39, 0.29) is 17.7 Å². The Balaban J connectivity index is 1.51. The third kappa shape index (κ3) is 3.86. The molecule has 7 heteroatoms. The quantitative estimate of drug-likeness (QED) is 0.821. The summed E-state index contributed by atoms with van der Waals surface area (Å²) in [5, 5.41) is 7.15. The molecule has 2 aliphatic rings. The maximum Gasteiger partial charge on any atom is 0.225 e. The van der Waals surface area contributed by atoms with Crippen molar-refractivity contribution in [2.24, 2.45) is 13.0 Å². The minimum Gasteiger partial charge on any atom is -0.352 e. The molecule has 3 rings (SSSR count). The summed E-state index contributed by atoms with van der Waals surface area (Å²) in [5.74, 6) is -0.153. The third-order valence-electron chi connectivity index (χ3n) is 5.71. The van der Waals surface area contributed by atoms with E-state index in [0.717, 1.165) is 37.3 Å². The summed E-state index contributed by atoms with van der Waals surface area (Å²) in [6.07, 6.45) is 4.46. The van der Waals surface area contributed by atoms with Crippen molar-refractivity contribution in [2.75, 3.05) is 26.2 Å². The van der Waals surface area contributed by atoms with E-state index in [1.54, 1.807) is 10.9 Å². The lowest BCUT2D eigenvalue weighted by atomic mass is 10.1. The largest absolute Gasteiger partial charge is 0.352 e. The Kier molecular flexibility index (Phi) is 5.42. The molecule has 0 unspecified atom stereocenters. The van der Waals surface area contributed by atoms with Crippen LogP contribution in [0, 0.1) is 12.8 Å². The van der Waals surface area contributed by atoms with Crippen LogP contribution < -0.4 is 5.32 Å². The summed E-state index contributed by atoms with van der Waals surface area (Å²) in [6, 6.07) is 0.453. The molecule has 0 saturated carbocycles. The third-order valence-corrected chi connectivity index (χ3v) is 5.71. The average Bonchev–Trinajstić information content (AvgIpc) is 3.28. The number of likely N-dealkylation sites (tertiary alicyclic amines) is 2. The summed E-state index contributed by atoms with van der Waals surface area (Å²) in [5.41, 5.74) is 2.06. The summed E-state index contributed by atoms with van der Waals surface area (Å²) in [4.78, 5) is 29.1. The van der Waals surface area contributed by atoms with Gasteiger partial charge in [0.2, 0.25) is 11.8 Å². The summed E-state index contributed by atoms with van der Waals surface area (Å²) in [6.45, 7) is 8.08. The zero-order valence-corrected chi connectivity index (χ0v) is 15.5. The zero-order valence-electron chi connectivity index (χ0n) is 15.5. The van der Waals surface area contributed by atoms with Crippen LogP contribution in [-0.4, -0.2) is 63.6 Å². The Bertz CT molecular complexity index is 641. The summed E-state index contributed by atoms with van der Waals surface area (Å²) >= 11 is 0. The lowest BCUT2D eigenvalue weighted by Gasteiger charge is -2.27. The molecule has 138 valence electrons. The molecule has 0 aromatic carbocycles. The molecule has 2 saturated heterocycles. The first-order valence-electron chi connectivity index (χ1n) is 9.26. The van der Waals surface area contributed by atoms with Crippen molar-refractivity contribution >= 4 is 11.8 Å². The molecule has 3 heterocycles. The number of carbonyl (C=O) groups excluding carboxylic acids is 2. The number of hydrogen-bond donors (Lipinski definition) is 1. The fourth-order valence-corrected chi connectivity index (χ4v) is 3.94. The van der Waals surface area contributed by atoms with E-state index >= 15 is 0 Å². The van der Waals surface area contributed by atoms with Crippen LogP contribution in [-0.2, 0) is 23.2 Å². The fourth-order valence-electron chi connectivity index (χ4n) is 3.94. The molecule has 25 heavy (non-hydrogen) atoms. The number of aromatic nitrogens is 2. The van der Waals surface area contributed by atoms with Crippen LogP contribution in [0.15, 0.2) is 6.20 Å². The minimum absolute atomic E-state index is 0.0297. The van der Waals surface area contributed by atoms with Crippen molar-refractivity contribution in [3.63, 3.8) is 0 Å². The second kappa shape index (κ2) is 7.56. The maximum atomic E-state index is 12.5. The molecule has 0 bridgehead atoms. The van der Waals surface area contributed by atoms with Crippen LogP contribution in [0.3, 0.4) is 0 Å².